The summed E-state index contributed by atoms with van der Waals surface area (Å²) in [6.07, 6.45) is 2.02. The van der Waals surface area contributed by atoms with Gasteiger partial charge in [-0.15, -0.1) is 0 Å². The highest BCUT2D eigenvalue weighted by Crippen LogP contribution is 2.29. The van der Waals surface area contributed by atoms with E-state index in [4.69, 9.17) is 0 Å². The van der Waals surface area contributed by atoms with Crippen LogP contribution in [0.3, 0.4) is 0 Å². The minimum absolute atomic E-state index is 0.149. The lowest BCUT2D eigenvalue weighted by atomic mass is 9.90. The lowest BCUT2D eigenvalue weighted by Gasteiger charge is -2.11. The molecule has 1 aromatic heterocycles. The largest absolute Gasteiger partial charge is 0.340 e. The predicted molar refractivity (Wildman–Crippen MR) is 118 cm³/mol. The zero-order valence-electron chi connectivity index (χ0n) is 16.8. The molecule has 0 unspecified atom stereocenters. The maximum Gasteiger partial charge on any atom is 0.101 e. The van der Waals surface area contributed by atoms with Gasteiger partial charge < -0.3 is 4.57 Å². The van der Waals surface area contributed by atoms with Gasteiger partial charge >= 0.3 is 0 Å². The fourth-order valence-corrected chi connectivity index (χ4v) is 4.24. The lowest BCUT2D eigenvalue weighted by molar-refractivity contribution is 0.635. The Bertz CT molecular complexity index is 1380. The molecule has 0 bridgehead atoms. The number of hydrogen-bond donors (Lipinski definition) is 0. The van der Waals surface area contributed by atoms with Gasteiger partial charge in [0.25, 0.3) is 0 Å². The van der Waals surface area contributed by atoms with Crippen LogP contribution >= 0.6 is 0 Å². The van der Waals surface area contributed by atoms with Gasteiger partial charge in [0.1, 0.15) is 24.3 Å². The van der Waals surface area contributed by atoms with E-state index in [-0.39, 0.29) is 22.3 Å². The first-order valence-corrected chi connectivity index (χ1v) is 9.99. The quantitative estimate of drug-likeness (QED) is 0.425. The van der Waals surface area contributed by atoms with E-state index in [0.29, 0.717) is 12.0 Å². The molecule has 5 nitrogen and oxygen atoms in total. The summed E-state index contributed by atoms with van der Waals surface area (Å²) < 4.78 is 2.30. The molecular formula is C26H17N5. The van der Waals surface area contributed by atoms with Gasteiger partial charge in [-0.2, -0.15) is 21.0 Å². The molecule has 4 aromatic rings. The Morgan fingerprint density at radius 1 is 0.645 bits per heavy atom. The van der Waals surface area contributed by atoms with Crippen molar-refractivity contribution in [3.63, 3.8) is 0 Å². The van der Waals surface area contributed by atoms with Crippen LogP contribution < -0.4 is 0 Å². The molecule has 5 heteroatoms. The average Bonchev–Trinajstić information content (AvgIpc) is 3.14. The highest BCUT2D eigenvalue weighted by molar-refractivity contribution is 6.07. The molecule has 0 atom stereocenters. The van der Waals surface area contributed by atoms with Gasteiger partial charge in [0.2, 0.25) is 0 Å². The Kier molecular flexibility index (Phi) is 5.36. The van der Waals surface area contributed by atoms with Crippen LogP contribution in [0.4, 0.5) is 0 Å². The summed E-state index contributed by atoms with van der Waals surface area (Å²) in [6, 6.07) is 26.0. The Morgan fingerprint density at radius 3 is 1.65 bits per heavy atom. The molecule has 1 heterocycles. The molecule has 3 aromatic carbocycles. The number of nitriles is 4. The molecule has 0 N–H and O–H groups in total. The van der Waals surface area contributed by atoms with Gasteiger partial charge in [0.05, 0.1) is 22.3 Å². The zero-order valence-corrected chi connectivity index (χ0v) is 16.8. The first kappa shape index (κ1) is 19.7. The number of aromatic nitrogens is 1. The Labute approximate surface area is 180 Å². The molecule has 0 saturated heterocycles. The first-order chi connectivity index (χ1) is 15.2. The monoisotopic (exact) mass is 399 g/mol. The van der Waals surface area contributed by atoms with E-state index in [2.05, 4.69) is 41.0 Å². The Morgan fingerprint density at radius 2 is 1.16 bits per heavy atom. The van der Waals surface area contributed by atoms with E-state index >= 15 is 0 Å². The van der Waals surface area contributed by atoms with Crippen molar-refractivity contribution >= 4 is 21.8 Å². The van der Waals surface area contributed by atoms with Crippen LogP contribution in [0.5, 0.6) is 0 Å². The van der Waals surface area contributed by atoms with Crippen LogP contribution in [0.25, 0.3) is 21.8 Å². The standard InChI is InChI=1S/C26H17N5/c27-14-18-13-19(15-28)24(17-30)20(23(18)16-29)7-5-6-12-31-25-10-3-1-8-21(25)22-9-2-4-11-26(22)31/h1-4,8-11,13H,5-7,12H2. The van der Waals surface area contributed by atoms with Gasteiger partial charge in [-0.25, -0.2) is 0 Å². The van der Waals surface area contributed by atoms with Crippen LogP contribution in [0.2, 0.25) is 0 Å². The van der Waals surface area contributed by atoms with Crippen LogP contribution in [-0.2, 0) is 13.0 Å². The number of fused-ring (bicyclic) bond motifs is 3. The highest BCUT2D eigenvalue weighted by atomic mass is 15.0. The SMILES string of the molecule is N#Cc1cc(C#N)c(C#N)c(CCCCn2c3ccccc3c3ccccc32)c1C#N. The lowest BCUT2D eigenvalue weighted by Crippen LogP contribution is -2.04. The number of unbranched alkanes of at least 4 members (excludes halogenated alkanes) is 1. The molecule has 0 saturated carbocycles. The molecule has 0 amide bonds. The van der Waals surface area contributed by atoms with Crippen molar-refractivity contribution in [3.05, 3.63) is 82.4 Å². The second kappa shape index (κ2) is 8.42. The maximum absolute atomic E-state index is 9.56. The first-order valence-electron chi connectivity index (χ1n) is 9.99. The van der Waals surface area contributed by atoms with E-state index in [1.54, 1.807) is 0 Å². The summed E-state index contributed by atoms with van der Waals surface area (Å²) in [6.45, 7) is 0.793. The average molecular weight is 399 g/mol. The van der Waals surface area contributed by atoms with Gasteiger partial charge in [-0.3, -0.25) is 0 Å². The Hall–Kier alpha value is -4.58. The summed E-state index contributed by atoms with van der Waals surface area (Å²) in [4.78, 5) is 0. The molecule has 146 valence electrons. The van der Waals surface area contributed by atoms with Crippen molar-refractivity contribution in [2.24, 2.45) is 0 Å². The number of hydrogen-bond acceptors (Lipinski definition) is 4. The topological polar surface area (TPSA) is 100 Å². The summed E-state index contributed by atoms with van der Waals surface area (Å²) >= 11 is 0. The molecule has 0 radical (unpaired) electrons. The zero-order chi connectivity index (χ0) is 21.8. The third-order valence-corrected chi connectivity index (χ3v) is 5.63. The fraction of sp³-hybridized carbons (Fsp3) is 0.154. The summed E-state index contributed by atoms with van der Waals surface area (Å²) in [7, 11) is 0. The summed E-state index contributed by atoms with van der Waals surface area (Å²) in [5.74, 6) is 0. The second-order valence-electron chi connectivity index (χ2n) is 7.29. The van der Waals surface area contributed by atoms with Gasteiger partial charge in [0, 0.05) is 28.4 Å². The maximum atomic E-state index is 9.56. The predicted octanol–water partition coefficient (Wildman–Crippen LogP) is 5.30. The van der Waals surface area contributed by atoms with Gasteiger partial charge in [-0.1, -0.05) is 36.4 Å². The molecule has 0 aliphatic heterocycles. The minimum Gasteiger partial charge on any atom is -0.340 e. The van der Waals surface area contributed by atoms with Crippen molar-refractivity contribution in [1.82, 2.24) is 4.57 Å². The van der Waals surface area contributed by atoms with E-state index in [1.165, 1.54) is 27.9 Å². The molecule has 0 aliphatic rings. The number of aryl methyl sites for hydroxylation is 1. The number of rotatable bonds is 5. The molecular weight excluding hydrogens is 382 g/mol. The smallest absolute Gasteiger partial charge is 0.101 e. The van der Waals surface area contributed by atoms with Crippen LogP contribution in [-0.4, -0.2) is 4.57 Å². The number of benzene rings is 3. The van der Waals surface area contributed by atoms with Crippen LogP contribution in [0.1, 0.15) is 40.7 Å². The van der Waals surface area contributed by atoms with Crippen molar-refractivity contribution in [3.8, 4) is 24.3 Å². The summed E-state index contributed by atoms with van der Waals surface area (Å²) in [5, 5.41) is 40.3. The van der Waals surface area contributed by atoms with E-state index in [1.807, 2.05) is 36.4 Å². The van der Waals surface area contributed by atoms with Gasteiger partial charge in [-0.05, 0) is 43.0 Å². The van der Waals surface area contributed by atoms with E-state index < -0.39 is 0 Å². The summed E-state index contributed by atoms with van der Waals surface area (Å²) in [5.41, 5.74) is 3.56. The minimum atomic E-state index is 0.149. The molecule has 31 heavy (non-hydrogen) atoms. The number of para-hydroxylation sites is 2. The second-order valence-corrected chi connectivity index (χ2v) is 7.29. The van der Waals surface area contributed by atoms with Crippen LogP contribution in [0, 0.1) is 45.3 Å². The Balaban J connectivity index is 1.62. The molecule has 0 fully saturated rings. The van der Waals surface area contributed by atoms with E-state index in [0.717, 1.165) is 19.4 Å². The van der Waals surface area contributed by atoms with Crippen molar-refractivity contribution in [2.75, 3.05) is 0 Å². The van der Waals surface area contributed by atoms with Crippen molar-refractivity contribution in [2.45, 2.75) is 25.8 Å². The molecule has 0 aliphatic carbocycles. The third kappa shape index (κ3) is 3.36. The van der Waals surface area contributed by atoms with E-state index in [9.17, 15) is 21.0 Å². The molecule has 0 spiro atoms. The van der Waals surface area contributed by atoms with Crippen LogP contribution in [0.15, 0.2) is 54.6 Å². The fourth-order valence-electron chi connectivity index (χ4n) is 4.24. The van der Waals surface area contributed by atoms with Crippen molar-refractivity contribution < 1.29 is 0 Å². The third-order valence-electron chi connectivity index (χ3n) is 5.63. The van der Waals surface area contributed by atoms with Crippen molar-refractivity contribution in [1.29, 1.82) is 21.0 Å². The highest BCUT2D eigenvalue weighted by Gasteiger charge is 2.18. The normalized spacial score (nSPS) is 10.3. The molecule has 4 rings (SSSR count). The number of nitrogens with zero attached hydrogens (tertiary/aromatic N) is 5. The van der Waals surface area contributed by atoms with Gasteiger partial charge in [0.15, 0.2) is 0 Å².